The predicted octanol–water partition coefficient (Wildman–Crippen LogP) is -0.762. The number of hydrogen-bond acceptors (Lipinski definition) is 6. The van der Waals surface area contributed by atoms with E-state index in [2.05, 4.69) is 9.05 Å². The molecule has 0 spiro atoms. The third-order valence-electron chi connectivity index (χ3n) is 1.35. The van der Waals surface area contributed by atoms with E-state index >= 15 is 0 Å². The first kappa shape index (κ1) is 18.1. The average Bonchev–Trinajstić information content (AvgIpc) is 2.17. The first-order valence-electron chi connectivity index (χ1n) is 4.76. The van der Waals surface area contributed by atoms with Crippen molar-refractivity contribution in [3.05, 3.63) is 0 Å². The minimum Gasteiger partial charge on any atom is -0.377 e. The minimum absolute atomic E-state index is 0.00650. The molecule has 0 aliphatic rings. The van der Waals surface area contributed by atoms with Crippen LogP contribution in [0.3, 0.4) is 0 Å². The van der Waals surface area contributed by atoms with Crippen LogP contribution in [0.2, 0.25) is 0 Å². The molecule has 0 heterocycles. The maximum atomic E-state index is 10.2. The smallest absolute Gasteiger partial charge is 0.377 e. The van der Waals surface area contributed by atoms with Crippen molar-refractivity contribution in [2.45, 2.75) is 0 Å². The van der Waals surface area contributed by atoms with Crippen molar-refractivity contribution in [3.63, 3.8) is 0 Å². The van der Waals surface area contributed by atoms with Crippen LogP contribution in [-0.4, -0.2) is 59.2 Å². The second-order valence-electron chi connectivity index (χ2n) is 2.87. The van der Waals surface area contributed by atoms with Gasteiger partial charge >= 0.3 is 15.6 Å². The van der Waals surface area contributed by atoms with E-state index in [9.17, 15) is 9.13 Å². The molecule has 0 saturated carbocycles. The summed E-state index contributed by atoms with van der Waals surface area (Å²) in [6.45, 7) is -0.195. The van der Waals surface area contributed by atoms with E-state index in [1.54, 1.807) is 0 Å². The molecule has 0 aromatic carbocycles. The molecule has 18 heavy (non-hydrogen) atoms. The number of rotatable bonds is 11. The summed E-state index contributed by atoms with van der Waals surface area (Å²) in [4.78, 5) is 33.3. The number of phosphoric ester groups is 2. The van der Waals surface area contributed by atoms with Crippen LogP contribution in [0.5, 0.6) is 0 Å². The van der Waals surface area contributed by atoms with E-state index in [0.717, 1.165) is 0 Å². The topological polar surface area (TPSA) is 152 Å². The fraction of sp³-hybridized carbons (Fsp3) is 1.00. The Kier molecular flexibility index (Phi) is 9.18. The molecular weight excluding hydrogens is 294 g/mol. The van der Waals surface area contributed by atoms with Gasteiger partial charge in [0.1, 0.15) is 0 Å². The van der Waals surface area contributed by atoms with E-state index in [0.29, 0.717) is 0 Å². The maximum Gasteiger partial charge on any atom is 0.469 e. The molecule has 0 amide bonds. The van der Waals surface area contributed by atoms with Crippen LogP contribution < -0.4 is 0 Å². The van der Waals surface area contributed by atoms with Crippen molar-refractivity contribution in [1.29, 1.82) is 0 Å². The standard InChI is InChI=1S/C6H16O10P2/c7-17(8,9)15-5-3-13-1-2-14-4-6-16-18(10,11)12/h1-6H2,(H2,7,8,9)(H2,10,11,12). The van der Waals surface area contributed by atoms with Crippen molar-refractivity contribution in [3.8, 4) is 0 Å². The van der Waals surface area contributed by atoms with Gasteiger partial charge < -0.3 is 29.0 Å². The summed E-state index contributed by atoms with van der Waals surface area (Å²) in [5.74, 6) is 0. The molecule has 0 aromatic rings. The molecule has 110 valence electrons. The van der Waals surface area contributed by atoms with Gasteiger partial charge in [-0.3, -0.25) is 9.05 Å². The Balaban J connectivity index is 3.17. The molecule has 0 fully saturated rings. The Bertz CT molecular complexity index is 265. The summed E-state index contributed by atoms with van der Waals surface area (Å²) in [5.41, 5.74) is 0. The quantitative estimate of drug-likeness (QED) is 0.283. The largest absolute Gasteiger partial charge is 0.469 e. The highest BCUT2D eigenvalue weighted by Crippen LogP contribution is 2.35. The van der Waals surface area contributed by atoms with E-state index < -0.39 is 15.6 Å². The van der Waals surface area contributed by atoms with Crippen molar-refractivity contribution in [2.75, 3.05) is 39.6 Å². The summed E-state index contributed by atoms with van der Waals surface area (Å²) >= 11 is 0. The molecule has 4 N–H and O–H groups in total. The van der Waals surface area contributed by atoms with Crippen LogP contribution in [0.25, 0.3) is 0 Å². The number of hydrogen-bond donors (Lipinski definition) is 4. The third-order valence-corrected chi connectivity index (χ3v) is 2.38. The van der Waals surface area contributed by atoms with Gasteiger partial charge in [-0.2, -0.15) is 0 Å². The highest BCUT2D eigenvalue weighted by atomic mass is 31.2. The Hall–Kier alpha value is 0.140. The molecule has 0 aliphatic heterocycles. The molecule has 10 nitrogen and oxygen atoms in total. The molecule has 12 heteroatoms. The van der Waals surface area contributed by atoms with Gasteiger partial charge in [-0.15, -0.1) is 0 Å². The van der Waals surface area contributed by atoms with Crippen molar-refractivity contribution in [1.82, 2.24) is 0 Å². The lowest BCUT2D eigenvalue weighted by Gasteiger charge is -2.07. The molecule has 0 atom stereocenters. The van der Waals surface area contributed by atoms with E-state index in [-0.39, 0.29) is 39.6 Å². The van der Waals surface area contributed by atoms with Gasteiger partial charge in [0.15, 0.2) is 0 Å². The van der Waals surface area contributed by atoms with Crippen LogP contribution in [0.15, 0.2) is 0 Å². The van der Waals surface area contributed by atoms with Gasteiger partial charge in [-0.25, -0.2) is 9.13 Å². The van der Waals surface area contributed by atoms with Crippen molar-refractivity contribution < 1.29 is 47.2 Å². The second-order valence-corrected chi connectivity index (χ2v) is 5.35. The minimum atomic E-state index is -4.45. The average molecular weight is 310 g/mol. The zero-order chi connectivity index (χ0) is 14.1. The molecular formula is C6H16O10P2. The zero-order valence-electron chi connectivity index (χ0n) is 9.38. The first-order valence-corrected chi connectivity index (χ1v) is 7.82. The first-order chi connectivity index (χ1) is 8.21. The summed E-state index contributed by atoms with van der Waals surface area (Å²) in [6, 6.07) is 0. The molecule has 0 unspecified atom stereocenters. The molecule has 0 saturated heterocycles. The second kappa shape index (κ2) is 9.11. The van der Waals surface area contributed by atoms with Gasteiger partial charge in [0.2, 0.25) is 0 Å². The highest BCUT2D eigenvalue weighted by molar-refractivity contribution is 7.46. The Morgan fingerprint density at radius 3 is 1.17 bits per heavy atom. The monoisotopic (exact) mass is 310 g/mol. The van der Waals surface area contributed by atoms with Gasteiger partial charge in [-0.1, -0.05) is 0 Å². The summed E-state index contributed by atoms with van der Waals surface area (Å²) in [6.07, 6.45) is 0. The third kappa shape index (κ3) is 16.1. The lowest BCUT2D eigenvalue weighted by atomic mass is 10.7. The van der Waals surface area contributed by atoms with Crippen LogP contribution >= 0.6 is 15.6 Å². The van der Waals surface area contributed by atoms with E-state index in [4.69, 9.17) is 29.0 Å². The van der Waals surface area contributed by atoms with Crippen molar-refractivity contribution >= 4 is 15.6 Å². The summed E-state index contributed by atoms with van der Waals surface area (Å²) in [5, 5.41) is 0. The fourth-order valence-electron chi connectivity index (χ4n) is 0.752. The van der Waals surface area contributed by atoms with Gasteiger partial charge in [0, 0.05) is 0 Å². The molecule has 0 rings (SSSR count). The van der Waals surface area contributed by atoms with Crippen LogP contribution in [0, 0.1) is 0 Å². The summed E-state index contributed by atoms with van der Waals surface area (Å²) in [7, 11) is -8.91. The fourth-order valence-corrected chi connectivity index (χ4v) is 1.38. The molecule has 0 bridgehead atoms. The van der Waals surface area contributed by atoms with Crippen LogP contribution in [0.4, 0.5) is 0 Å². The maximum absolute atomic E-state index is 10.2. The van der Waals surface area contributed by atoms with Gasteiger partial charge in [0.25, 0.3) is 0 Å². The lowest BCUT2D eigenvalue weighted by Crippen LogP contribution is -2.11. The Labute approximate surface area is 103 Å². The molecule has 0 aromatic heterocycles. The van der Waals surface area contributed by atoms with Gasteiger partial charge in [0.05, 0.1) is 39.6 Å². The Morgan fingerprint density at radius 2 is 0.889 bits per heavy atom. The predicted molar refractivity (Wildman–Crippen MR) is 57.6 cm³/mol. The number of phosphoric acid groups is 2. The van der Waals surface area contributed by atoms with Crippen LogP contribution in [-0.2, 0) is 27.7 Å². The zero-order valence-corrected chi connectivity index (χ0v) is 11.2. The molecule has 0 radical (unpaired) electrons. The lowest BCUT2D eigenvalue weighted by molar-refractivity contribution is 0.0211. The van der Waals surface area contributed by atoms with Crippen molar-refractivity contribution in [2.24, 2.45) is 0 Å². The normalized spacial score (nSPS) is 12.9. The number of ether oxygens (including phenoxy) is 2. The summed E-state index contributed by atoms with van der Waals surface area (Å²) < 4.78 is 38.5. The van der Waals surface area contributed by atoms with E-state index in [1.165, 1.54) is 0 Å². The highest BCUT2D eigenvalue weighted by Gasteiger charge is 2.13. The van der Waals surface area contributed by atoms with E-state index in [1.807, 2.05) is 0 Å². The SMILES string of the molecule is O=P(O)(O)OCCOCCOCCOP(=O)(O)O. The van der Waals surface area contributed by atoms with Gasteiger partial charge in [-0.05, 0) is 0 Å². The molecule has 0 aliphatic carbocycles. The van der Waals surface area contributed by atoms with Crippen LogP contribution in [0.1, 0.15) is 0 Å². The Morgan fingerprint density at radius 1 is 0.611 bits per heavy atom.